The number of carbonyl (C=O) groups is 1. The van der Waals surface area contributed by atoms with Crippen LogP contribution in [0, 0.1) is 13.8 Å². The molecule has 0 aromatic heterocycles. The molecule has 1 aliphatic heterocycles. The molecule has 3 aromatic rings. The van der Waals surface area contributed by atoms with Crippen molar-refractivity contribution in [3.8, 4) is 16.9 Å². The van der Waals surface area contributed by atoms with Crippen LogP contribution in [0.2, 0.25) is 0 Å². The number of carboxylic acid groups (broad SMARTS) is 1. The van der Waals surface area contributed by atoms with Gasteiger partial charge >= 0.3 is 5.97 Å². The molecule has 0 amide bonds. The highest BCUT2D eigenvalue weighted by Gasteiger charge is 2.41. The maximum Gasteiger partial charge on any atom is 0.320 e. The van der Waals surface area contributed by atoms with E-state index in [2.05, 4.69) is 79.4 Å². The van der Waals surface area contributed by atoms with Gasteiger partial charge in [-0.2, -0.15) is 0 Å². The van der Waals surface area contributed by atoms with E-state index in [4.69, 9.17) is 4.74 Å². The lowest BCUT2D eigenvalue weighted by molar-refractivity contribution is -0.144. The summed E-state index contributed by atoms with van der Waals surface area (Å²) < 4.78 is 5.82. The minimum absolute atomic E-state index is 0.402. The molecule has 1 heterocycles. The molecule has 1 saturated carbocycles. The first kappa shape index (κ1) is 23.6. The van der Waals surface area contributed by atoms with Crippen molar-refractivity contribution in [1.29, 1.82) is 0 Å². The van der Waals surface area contributed by atoms with Crippen molar-refractivity contribution in [2.75, 3.05) is 13.7 Å². The summed E-state index contributed by atoms with van der Waals surface area (Å²) in [7, 11) is 1.72. The average Bonchev–Trinajstić information content (AvgIpc) is 3.65. The van der Waals surface area contributed by atoms with E-state index < -0.39 is 12.0 Å². The zero-order chi connectivity index (χ0) is 24.5. The smallest absolute Gasteiger partial charge is 0.320 e. The molecule has 0 bridgehead atoms. The summed E-state index contributed by atoms with van der Waals surface area (Å²) in [6, 6.07) is 21.4. The summed E-state index contributed by atoms with van der Waals surface area (Å²) in [6.45, 7) is 5.88. The number of ether oxygens (including phenoxy) is 1. The van der Waals surface area contributed by atoms with Gasteiger partial charge in [-0.05, 0) is 90.9 Å². The van der Waals surface area contributed by atoms with Crippen LogP contribution in [0.3, 0.4) is 0 Å². The predicted octanol–water partition coefficient (Wildman–Crippen LogP) is 6.69. The topological polar surface area (TPSA) is 49.8 Å². The van der Waals surface area contributed by atoms with Gasteiger partial charge in [0.05, 0.1) is 7.11 Å². The van der Waals surface area contributed by atoms with Crippen LogP contribution < -0.4 is 4.74 Å². The van der Waals surface area contributed by atoms with Crippen molar-refractivity contribution < 1.29 is 14.6 Å². The summed E-state index contributed by atoms with van der Waals surface area (Å²) in [4.78, 5) is 13.9. The number of likely N-dealkylation sites (tertiary alicyclic amines) is 1. The Kier molecular flexibility index (Phi) is 6.66. The second-order valence-electron chi connectivity index (χ2n) is 10.2. The Hall–Kier alpha value is -3.11. The lowest BCUT2D eigenvalue weighted by atomic mass is 9.92. The van der Waals surface area contributed by atoms with E-state index in [9.17, 15) is 9.90 Å². The molecule has 2 unspecified atom stereocenters. The molecular formula is C31H35NO3. The number of methoxy groups -OCH3 is 1. The second-order valence-corrected chi connectivity index (χ2v) is 10.2. The molecule has 4 heteroatoms. The highest BCUT2D eigenvalue weighted by atomic mass is 16.5. The van der Waals surface area contributed by atoms with Crippen LogP contribution in [0.15, 0.2) is 60.7 Å². The summed E-state index contributed by atoms with van der Waals surface area (Å²) in [5.74, 6) is 1.17. The van der Waals surface area contributed by atoms with Gasteiger partial charge in [-0.3, -0.25) is 9.69 Å². The van der Waals surface area contributed by atoms with Gasteiger partial charge in [0.2, 0.25) is 0 Å². The second kappa shape index (κ2) is 9.87. The first-order chi connectivity index (χ1) is 17.0. The Morgan fingerprint density at radius 1 is 1.00 bits per heavy atom. The fourth-order valence-electron chi connectivity index (χ4n) is 6.02. The highest BCUT2D eigenvalue weighted by molar-refractivity contribution is 5.73. The molecule has 1 aliphatic carbocycles. The molecule has 5 rings (SSSR count). The van der Waals surface area contributed by atoms with E-state index in [1.54, 1.807) is 7.11 Å². The number of hydrogen-bond donors (Lipinski definition) is 1. The molecule has 182 valence electrons. The number of benzene rings is 3. The molecule has 0 spiro atoms. The molecular weight excluding hydrogens is 434 g/mol. The van der Waals surface area contributed by atoms with E-state index in [1.165, 1.54) is 33.4 Å². The Morgan fingerprint density at radius 2 is 1.77 bits per heavy atom. The van der Waals surface area contributed by atoms with Crippen molar-refractivity contribution in [2.45, 2.75) is 64.0 Å². The summed E-state index contributed by atoms with van der Waals surface area (Å²) in [5.41, 5.74) is 9.11. The summed E-state index contributed by atoms with van der Waals surface area (Å²) >= 11 is 0. The Balaban J connectivity index is 1.39. The van der Waals surface area contributed by atoms with E-state index in [1.807, 2.05) is 0 Å². The van der Waals surface area contributed by atoms with Crippen molar-refractivity contribution >= 4 is 5.97 Å². The maximum atomic E-state index is 11.8. The van der Waals surface area contributed by atoms with Crippen molar-refractivity contribution in [3.63, 3.8) is 0 Å². The minimum atomic E-state index is -0.717. The largest absolute Gasteiger partial charge is 0.496 e. The maximum absolute atomic E-state index is 11.8. The van der Waals surface area contributed by atoms with Crippen molar-refractivity contribution in [3.05, 3.63) is 88.5 Å². The van der Waals surface area contributed by atoms with Gasteiger partial charge in [-0.15, -0.1) is 0 Å². The van der Waals surface area contributed by atoms with Gasteiger partial charge in [0.25, 0.3) is 0 Å². The van der Waals surface area contributed by atoms with E-state index in [0.29, 0.717) is 18.4 Å². The van der Waals surface area contributed by atoms with Crippen molar-refractivity contribution in [2.24, 2.45) is 0 Å². The SMILES string of the molecule is COc1cc(C2CC2c2cccc(-c3ccccc3)c2C)c(C)cc1CN1CCCC[C@H]1C(=O)O. The molecule has 2 aliphatic rings. The first-order valence-corrected chi connectivity index (χ1v) is 12.8. The number of rotatable bonds is 7. The van der Waals surface area contributed by atoms with Gasteiger partial charge < -0.3 is 9.84 Å². The number of nitrogens with zero attached hydrogens (tertiary/aromatic N) is 1. The Bertz CT molecular complexity index is 1220. The third kappa shape index (κ3) is 4.72. The van der Waals surface area contributed by atoms with E-state index in [0.717, 1.165) is 43.5 Å². The number of aliphatic carboxylic acids is 1. The Labute approximate surface area is 208 Å². The van der Waals surface area contributed by atoms with Crippen LogP contribution in [0.1, 0.15) is 65.3 Å². The molecule has 3 aromatic carbocycles. The third-order valence-electron chi connectivity index (χ3n) is 7.99. The van der Waals surface area contributed by atoms with Gasteiger partial charge in [0, 0.05) is 12.1 Å². The monoisotopic (exact) mass is 469 g/mol. The zero-order valence-electron chi connectivity index (χ0n) is 21.0. The summed E-state index contributed by atoms with van der Waals surface area (Å²) in [5, 5.41) is 9.67. The fraction of sp³-hybridized carbons (Fsp3) is 0.387. The van der Waals surface area contributed by atoms with Crippen molar-refractivity contribution in [1.82, 2.24) is 4.90 Å². The molecule has 2 fully saturated rings. The summed E-state index contributed by atoms with van der Waals surface area (Å²) in [6.07, 6.45) is 3.90. The van der Waals surface area contributed by atoms with Crippen LogP contribution in [0.25, 0.3) is 11.1 Å². The molecule has 4 nitrogen and oxygen atoms in total. The normalized spacial score (nSPS) is 22.1. The quantitative estimate of drug-likeness (QED) is 0.419. The van der Waals surface area contributed by atoms with Crippen LogP contribution in [-0.4, -0.2) is 35.7 Å². The predicted molar refractivity (Wildman–Crippen MR) is 140 cm³/mol. The zero-order valence-corrected chi connectivity index (χ0v) is 21.0. The van der Waals surface area contributed by atoms with Gasteiger partial charge in [-0.25, -0.2) is 0 Å². The van der Waals surface area contributed by atoms with E-state index >= 15 is 0 Å². The van der Waals surface area contributed by atoms with Gasteiger partial charge in [-0.1, -0.05) is 61.0 Å². The number of hydrogen-bond acceptors (Lipinski definition) is 3. The average molecular weight is 470 g/mol. The first-order valence-electron chi connectivity index (χ1n) is 12.8. The van der Waals surface area contributed by atoms with Gasteiger partial charge in [0.1, 0.15) is 11.8 Å². The van der Waals surface area contributed by atoms with Gasteiger partial charge in [0.15, 0.2) is 0 Å². The fourth-order valence-corrected chi connectivity index (χ4v) is 6.02. The molecule has 35 heavy (non-hydrogen) atoms. The molecule has 0 radical (unpaired) electrons. The van der Waals surface area contributed by atoms with Crippen LogP contribution in [0.5, 0.6) is 5.75 Å². The lowest BCUT2D eigenvalue weighted by Gasteiger charge is -2.33. The highest BCUT2D eigenvalue weighted by Crippen LogP contribution is 2.57. The van der Waals surface area contributed by atoms with Crippen LogP contribution in [0.4, 0.5) is 0 Å². The van der Waals surface area contributed by atoms with Crippen LogP contribution >= 0.6 is 0 Å². The lowest BCUT2D eigenvalue weighted by Crippen LogP contribution is -2.44. The number of carboxylic acids is 1. The Morgan fingerprint density at radius 3 is 2.51 bits per heavy atom. The standard InChI is InChI=1S/C31H35NO3/c1-20-16-23(19-32-15-8-7-14-29(32)31(33)34)30(35-3)18-26(20)28-17-27(28)25-13-9-12-24(21(25)2)22-10-5-4-6-11-22/h4-6,9-13,16,18,27-29H,7-8,14-15,17,19H2,1-3H3,(H,33,34)/t27?,28?,29-/m0/s1. The van der Waals surface area contributed by atoms with E-state index in [-0.39, 0.29) is 0 Å². The molecule has 3 atom stereocenters. The number of aryl methyl sites for hydroxylation is 1. The number of piperidine rings is 1. The third-order valence-corrected chi connectivity index (χ3v) is 7.99. The molecule has 1 saturated heterocycles. The minimum Gasteiger partial charge on any atom is -0.496 e. The van der Waals surface area contributed by atoms with Crippen LogP contribution in [-0.2, 0) is 11.3 Å². The molecule has 1 N–H and O–H groups in total.